The van der Waals surface area contributed by atoms with Gasteiger partial charge in [-0.15, -0.1) is 0 Å². The molecule has 1 atom stereocenters. The van der Waals surface area contributed by atoms with Gasteiger partial charge in [0, 0.05) is 23.7 Å². The number of rotatable bonds is 9. The predicted molar refractivity (Wildman–Crippen MR) is 104 cm³/mol. The Bertz CT molecular complexity index is 776. The molecule has 0 aliphatic rings. The van der Waals surface area contributed by atoms with Gasteiger partial charge in [0.25, 0.3) is 11.8 Å². The summed E-state index contributed by atoms with van der Waals surface area (Å²) >= 11 is 0. The normalized spacial score (nSPS) is 11.4. The zero-order valence-corrected chi connectivity index (χ0v) is 16.0. The molecule has 0 bridgehead atoms. The molecule has 144 valence electrons. The summed E-state index contributed by atoms with van der Waals surface area (Å²) in [6.45, 7) is 7.01. The standard InChI is InChI=1S/C21H26N2O4/c1-4-26-18-10-6-8-16(12-18)20(24)22-14-15(3)23-21(25)17-9-7-11-19(13-17)27-5-2/h6-13,15H,4-5,14H2,1-3H3,(H,22,24)(H,23,25)/t15-/m0/s1. The van der Waals surface area contributed by atoms with Crippen molar-refractivity contribution in [2.24, 2.45) is 0 Å². The van der Waals surface area contributed by atoms with Gasteiger partial charge in [-0.1, -0.05) is 12.1 Å². The molecule has 27 heavy (non-hydrogen) atoms. The van der Waals surface area contributed by atoms with Gasteiger partial charge in [-0.3, -0.25) is 9.59 Å². The summed E-state index contributed by atoms with van der Waals surface area (Å²) in [5.41, 5.74) is 1.03. The maximum absolute atomic E-state index is 12.3. The van der Waals surface area contributed by atoms with Crippen molar-refractivity contribution in [2.75, 3.05) is 19.8 Å². The Labute approximate surface area is 159 Å². The summed E-state index contributed by atoms with van der Waals surface area (Å²) in [4.78, 5) is 24.6. The van der Waals surface area contributed by atoms with Gasteiger partial charge in [0.05, 0.1) is 13.2 Å². The fourth-order valence-electron chi connectivity index (χ4n) is 2.49. The topological polar surface area (TPSA) is 76.7 Å². The molecule has 0 saturated carbocycles. The zero-order valence-electron chi connectivity index (χ0n) is 16.0. The molecular weight excluding hydrogens is 344 g/mol. The van der Waals surface area contributed by atoms with Crippen molar-refractivity contribution in [3.8, 4) is 11.5 Å². The van der Waals surface area contributed by atoms with Crippen LogP contribution in [-0.2, 0) is 0 Å². The molecule has 0 radical (unpaired) electrons. The van der Waals surface area contributed by atoms with Crippen molar-refractivity contribution in [3.63, 3.8) is 0 Å². The van der Waals surface area contributed by atoms with E-state index in [1.54, 1.807) is 48.5 Å². The smallest absolute Gasteiger partial charge is 0.251 e. The summed E-state index contributed by atoms with van der Waals surface area (Å²) in [5.74, 6) is 0.883. The second-order valence-corrected chi connectivity index (χ2v) is 6.01. The Morgan fingerprint density at radius 2 is 1.41 bits per heavy atom. The van der Waals surface area contributed by atoms with Gasteiger partial charge >= 0.3 is 0 Å². The molecule has 0 aromatic heterocycles. The van der Waals surface area contributed by atoms with Crippen LogP contribution in [0.1, 0.15) is 41.5 Å². The van der Waals surface area contributed by atoms with Crippen molar-refractivity contribution < 1.29 is 19.1 Å². The van der Waals surface area contributed by atoms with Gasteiger partial charge in [-0.25, -0.2) is 0 Å². The minimum Gasteiger partial charge on any atom is -0.494 e. The number of amides is 2. The van der Waals surface area contributed by atoms with Crippen LogP contribution in [0.2, 0.25) is 0 Å². The summed E-state index contributed by atoms with van der Waals surface area (Å²) in [6, 6.07) is 13.8. The highest BCUT2D eigenvalue weighted by Crippen LogP contribution is 2.14. The molecule has 6 nitrogen and oxygen atoms in total. The van der Waals surface area contributed by atoms with E-state index in [9.17, 15) is 9.59 Å². The number of benzene rings is 2. The van der Waals surface area contributed by atoms with E-state index in [4.69, 9.17) is 9.47 Å². The predicted octanol–water partition coefficient (Wildman–Crippen LogP) is 3.03. The molecule has 2 aromatic rings. The number of hydrogen-bond donors (Lipinski definition) is 2. The van der Waals surface area contributed by atoms with E-state index in [1.807, 2.05) is 20.8 Å². The van der Waals surface area contributed by atoms with Crippen LogP contribution in [0.4, 0.5) is 0 Å². The average molecular weight is 370 g/mol. The highest BCUT2D eigenvalue weighted by Gasteiger charge is 2.13. The molecule has 2 N–H and O–H groups in total. The van der Waals surface area contributed by atoms with Crippen molar-refractivity contribution in [3.05, 3.63) is 59.7 Å². The summed E-state index contributed by atoms with van der Waals surface area (Å²) in [7, 11) is 0. The minimum atomic E-state index is -0.229. The van der Waals surface area contributed by atoms with Crippen molar-refractivity contribution >= 4 is 11.8 Å². The second-order valence-electron chi connectivity index (χ2n) is 6.01. The maximum atomic E-state index is 12.3. The molecule has 6 heteroatoms. The molecule has 0 aliphatic carbocycles. The quantitative estimate of drug-likeness (QED) is 0.711. The fourth-order valence-corrected chi connectivity index (χ4v) is 2.49. The third-order valence-corrected chi connectivity index (χ3v) is 3.76. The molecule has 0 heterocycles. The van der Waals surface area contributed by atoms with E-state index in [1.165, 1.54) is 0 Å². The number of carbonyl (C=O) groups excluding carboxylic acids is 2. The average Bonchev–Trinajstić information content (AvgIpc) is 2.67. The van der Waals surface area contributed by atoms with E-state index in [2.05, 4.69) is 10.6 Å². The highest BCUT2D eigenvalue weighted by molar-refractivity contribution is 5.95. The van der Waals surface area contributed by atoms with Crippen LogP contribution >= 0.6 is 0 Å². The van der Waals surface area contributed by atoms with E-state index in [0.717, 1.165) is 0 Å². The van der Waals surface area contributed by atoms with Crippen LogP contribution in [0.5, 0.6) is 11.5 Å². The Balaban J connectivity index is 1.87. The first-order valence-electron chi connectivity index (χ1n) is 9.08. The summed E-state index contributed by atoms with van der Waals surface area (Å²) in [5, 5.41) is 5.69. The first-order chi connectivity index (χ1) is 13.0. The fraction of sp³-hybridized carbons (Fsp3) is 0.333. The molecule has 0 spiro atoms. The first-order valence-corrected chi connectivity index (χ1v) is 9.08. The zero-order chi connectivity index (χ0) is 19.6. The van der Waals surface area contributed by atoms with Crippen molar-refractivity contribution in [1.29, 1.82) is 0 Å². The second kappa shape index (κ2) is 10.2. The Morgan fingerprint density at radius 3 is 1.93 bits per heavy atom. The minimum absolute atomic E-state index is 0.211. The lowest BCUT2D eigenvalue weighted by Crippen LogP contribution is -2.41. The van der Waals surface area contributed by atoms with Gasteiger partial charge in [0.2, 0.25) is 0 Å². The molecule has 0 fully saturated rings. The van der Waals surface area contributed by atoms with Gasteiger partial charge in [-0.2, -0.15) is 0 Å². The van der Waals surface area contributed by atoms with Crippen LogP contribution in [0, 0.1) is 0 Å². The molecule has 2 rings (SSSR count). The van der Waals surface area contributed by atoms with Crippen LogP contribution < -0.4 is 20.1 Å². The molecule has 0 saturated heterocycles. The van der Waals surface area contributed by atoms with E-state index < -0.39 is 0 Å². The van der Waals surface area contributed by atoms with Crippen LogP contribution in [-0.4, -0.2) is 37.6 Å². The number of hydrogen-bond acceptors (Lipinski definition) is 4. The molecule has 2 amide bonds. The number of ether oxygens (including phenoxy) is 2. The van der Waals surface area contributed by atoms with Crippen LogP contribution in [0.3, 0.4) is 0 Å². The summed E-state index contributed by atoms with van der Waals surface area (Å²) < 4.78 is 10.8. The SMILES string of the molecule is CCOc1cccc(C(=O)NC[C@H](C)NC(=O)c2cccc(OCC)c2)c1. The van der Waals surface area contributed by atoms with Gasteiger partial charge < -0.3 is 20.1 Å². The third kappa shape index (κ3) is 6.33. The Morgan fingerprint density at radius 1 is 0.889 bits per heavy atom. The molecule has 0 aliphatic heterocycles. The lowest BCUT2D eigenvalue weighted by Gasteiger charge is -2.15. The van der Waals surface area contributed by atoms with Crippen molar-refractivity contribution in [2.45, 2.75) is 26.8 Å². The van der Waals surface area contributed by atoms with Gasteiger partial charge in [0.1, 0.15) is 11.5 Å². The highest BCUT2D eigenvalue weighted by atomic mass is 16.5. The largest absolute Gasteiger partial charge is 0.494 e. The van der Waals surface area contributed by atoms with Crippen LogP contribution in [0.15, 0.2) is 48.5 Å². The molecule has 2 aromatic carbocycles. The van der Waals surface area contributed by atoms with E-state index in [0.29, 0.717) is 42.4 Å². The molecular formula is C21H26N2O4. The lowest BCUT2D eigenvalue weighted by atomic mass is 10.1. The van der Waals surface area contributed by atoms with Crippen LogP contribution in [0.25, 0.3) is 0 Å². The monoisotopic (exact) mass is 370 g/mol. The van der Waals surface area contributed by atoms with Crippen molar-refractivity contribution in [1.82, 2.24) is 10.6 Å². The first kappa shape index (κ1) is 20.3. The lowest BCUT2D eigenvalue weighted by molar-refractivity contribution is 0.0912. The number of carbonyl (C=O) groups is 2. The van der Waals surface area contributed by atoms with E-state index >= 15 is 0 Å². The molecule has 0 unspecified atom stereocenters. The Kier molecular flexibility index (Phi) is 7.67. The van der Waals surface area contributed by atoms with Gasteiger partial charge in [0.15, 0.2) is 0 Å². The van der Waals surface area contributed by atoms with E-state index in [-0.39, 0.29) is 17.9 Å². The Hall–Kier alpha value is -3.02. The maximum Gasteiger partial charge on any atom is 0.251 e. The summed E-state index contributed by atoms with van der Waals surface area (Å²) in [6.07, 6.45) is 0. The van der Waals surface area contributed by atoms with Gasteiger partial charge in [-0.05, 0) is 57.2 Å². The number of nitrogens with one attached hydrogen (secondary N) is 2. The third-order valence-electron chi connectivity index (χ3n) is 3.76.